The van der Waals surface area contributed by atoms with Crippen LogP contribution in [0.1, 0.15) is 35.9 Å². The number of furan rings is 1. The Morgan fingerprint density at radius 1 is 1.43 bits per heavy atom. The van der Waals surface area contributed by atoms with Crippen LogP contribution in [0.3, 0.4) is 0 Å². The number of para-hydroxylation sites is 1. The molecule has 0 saturated carbocycles. The topological polar surface area (TPSA) is 79.5 Å². The molecule has 112 valence electrons. The predicted octanol–water partition coefficient (Wildman–Crippen LogP) is 3.38. The predicted molar refractivity (Wildman–Crippen MR) is 79.8 cm³/mol. The van der Waals surface area contributed by atoms with Crippen LogP contribution in [0.5, 0.6) is 0 Å². The van der Waals surface area contributed by atoms with Crippen molar-refractivity contribution >= 4 is 34.4 Å². The van der Waals surface area contributed by atoms with Crippen LogP contribution in [-0.4, -0.2) is 23.0 Å². The smallest absolute Gasteiger partial charge is 0.303 e. The summed E-state index contributed by atoms with van der Waals surface area (Å²) in [4.78, 5) is 22.7. The fourth-order valence-corrected chi connectivity index (χ4v) is 2.34. The quantitative estimate of drug-likeness (QED) is 0.887. The monoisotopic (exact) mass is 309 g/mol. The number of benzene rings is 1. The average Bonchev–Trinajstić information content (AvgIpc) is 2.76. The molecule has 0 aliphatic carbocycles. The molecule has 0 aliphatic heterocycles. The second-order valence-electron chi connectivity index (χ2n) is 4.98. The molecule has 0 aliphatic rings. The molecule has 6 heteroatoms. The van der Waals surface area contributed by atoms with E-state index in [1.165, 1.54) is 0 Å². The van der Waals surface area contributed by atoms with Gasteiger partial charge in [-0.2, -0.15) is 0 Å². The first-order valence-electron chi connectivity index (χ1n) is 6.60. The van der Waals surface area contributed by atoms with E-state index in [1.807, 2.05) is 6.07 Å². The maximum atomic E-state index is 12.2. The number of nitrogens with one attached hydrogen (secondary N) is 1. The first-order valence-corrected chi connectivity index (χ1v) is 6.98. The van der Waals surface area contributed by atoms with E-state index in [2.05, 4.69) is 5.32 Å². The van der Waals surface area contributed by atoms with Gasteiger partial charge in [0.05, 0.1) is 5.02 Å². The van der Waals surface area contributed by atoms with Gasteiger partial charge in [0.2, 0.25) is 0 Å². The molecule has 1 aromatic heterocycles. The lowest BCUT2D eigenvalue weighted by atomic mass is 10.1. The van der Waals surface area contributed by atoms with Crippen molar-refractivity contribution in [1.82, 2.24) is 5.32 Å². The first kappa shape index (κ1) is 15.4. The molecule has 0 fully saturated rings. The summed E-state index contributed by atoms with van der Waals surface area (Å²) in [7, 11) is 0. The largest absolute Gasteiger partial charge is 0.481 e. The van der Waals surface area contributed by atoms with Gasteiger partial charge in [0, 0.05) is 23.4 Å². The number of carbonyl (C=O) groups excluding carboxylic acids is 1. The number of halogens is 1. The Morgan fingerprint density at radius 2 is 2.14 bits per heavy atom. The van der Waals surface area contributed by atoms with E-state index in [9.17, 15) is 9.59 Å². The molecule has 2 aromatic rings. The SMILES string of the molecule is Cc1c(C(=O)NC(C)CCC(=O)O)oc2c(Cl)cccc12. The molecule has 1 aromatic carbocycles. The fourth-order valence-electron chi connectivity index (χ4n) is 2.13. The highest BCUT2D eigenvalue weighted by Gasteiger charge is 2.20. The van der Waals surface area contributed by atoms with E-state index in [1.54, 1.807) is 26.0 Å². The van der Waals surface area contributed by atoms with E-state index in [4.69, 9.17) is 21.1 Å². The Morgan fingerprint density at radius 3 is 2.76 bits per heavy atom. The van der Waals surface area contributed by atoms with Crippen LogP contribution < -0.4 is 5.32 Å². The molecule has 1 amide bonds. The number of carboxylic acid groups (broad SMARTS) is 1. The molecule has 1 atom stereocenters. The molecular weight excluding hydrogens is 294 g/mol. The van der Waals surface area contributed by atoms with Crippen molar-refractivity contribution in [3.05, 3.63) is 34.5 Å². The summed E-state index contributed by atoms with van der Waals surface area (Å²) < 4.78 is 5.56. The van der Waals surface area contributed by atoms with Crippen molar-refractivity contribution in [2.24, 2.45) is 0 Å². The number of aliphatic carboxylic acids is 1. The number of hydrogen-bond donors (Lipinski definition) is 2. The van der Waals surface area contributed by atoms with Gasteiger partial charge in [-0.1, -0.05) is 23.7 Å². The molecule has 0 bridgehead atoms. The van der Waals surface area contributed by atoms with Crippen molar-refractivity contribution < 1.29 is 19.1 Å². The third-order valence-corrected chi connectivity index (χ3v) is 3.59. The molecule has 2 rings (SSSR count). The summed E-state index contributed by atoms with van der Waals surface area (Å²) >= 11 is 6.05. The Kier molecular flexibility index (Phi) is 4.53. The van der Waals surface area contributed by atoms with Crippen molar-refractivity contribution in [2.75, 3.05) is 0 Å². The normalized spacial score (nSPS) is 12.3. The number of rotatable bonds is 5. The lowest BCUT2D eigenvalue weighted by Gasteiger charge is -2.11. The van der Waals surface area contributed by atoms with E-state index in [-0.39, 0.29) is 24.1 Å². The fraction of sp³-hybridized carbons (Fsp3) is 0.333. The molecule has 0 radical (unpaired) electrons. The second-order valence-corrected chi connectivity index (χ2v) is 5.39. The third-order valence-electron chi connectivity index (χ3n) is 3.29. The zero-order chi connectivity index (χ0) is 15.6. The highest BCUT2D eigenvalue weighted by molar-refractivity contribution is 6.35. The Balaban J connectivity index is 2.18. The van der Waals surface area contributed by atoms with Crippen molar-refractivity contribution in [3.8, 4) is 0 Å². The summed E-state index contributed by atoms with van der Waals surface area (Å²) in [6.45, 7) is 3.55. The van der Waals surface area contributed by atoms with E-state index in [0.29, 0.717) is 17.0 Å². The highest BCUT2D eigenvalue weighted by atomic mass is 35.5. The van der Waals surface area contributed by atoms with Crippen LogP contribution in [0.15, 0.2) is 22.6 Å². The Hall–Kier alpha value is -2.01. The molecule has 5 nitrogen and oxygen atoms in total. The summed E-state index contributed by atoms with van der Waals surface area (Å²) in [5.41, 5.74) is 1.20. The number of amides is 1. The van der Waals surface area contributed by atoms with Crippen LogP contribution >= 0.6 is 11.6 Å². The zero-order valence-electron chi connectivity index (χ0n) is 11.8. The first-order chi connectivity index (χ1) is 9.90. The molecule has 1 heterocycles. The number of carbonyl (C=O) groups is 2. The number of carboxylic acids is 1. The van der Waals surface area contributed by atoms with Gasteiger partial charge in [-0.3, -0.25) is 9.59 Å². The van der Waals surface area contributed by atoms with Crippen molar-refractivity contribution in [1.29, 1.82) is 0 Å². The molecule has 1 unspecified atom stereocenters. The van der Waals surface area contributed by atoms with Crippen LogP contribution in [0.2, 0.25) is 5.02 Å². The van der Waals surface area contributed by atoms with Gasteiger partial charge < -0.3 is 14.8 Å². The summed E-state index contributed by atoms with van der Waals surface area (Å²) in [6.07, 6.45) is 0.369. The maximum absolute atomic E-state index is 12.2. The summed E-state index contributed by atoms with van der Waals surface area (Å²) in [5.74, 6) is -1.04. The van der Waals surface area contributed by atoms with Gasteiger partial charge in [0.1, 0.15) is 0 Å². The highest BCUT2D eigenvalue weighted by Crippen LogP contribution is 2.30. The van der Waals surface area contributed by atoms with Gasteiger partial charge in [-0.05, 0) is 26.3 Å². The van der Waals surface area contributed by atoms with Gasteiger partial charge >= 0.3 is 5.97 Å². The lowest BCUT2D eigenvalue weighted by molar-refractivity contribution is -0.137. The van der Waals surface area contributed by atoms with E-state index >= 15 is 0 Å². The lowest BCUT2D eigenvalue weighted by Crippen LogP contribution is -2.33. The van der Waals surface area contributed by atoms with Gasteiger partial charge in [0.15, 0.2) is 11.3 Å². The maximum Gasteiger partial charge on any atom is 0.303 e. The molecule has 0 spiro atoms. The third kappa shape index (κ3) is 3.36. The minimum absolute atomic E-state index is 0.00634. The molecule has 2 N–H and O–H groups in total. The zero-order valence-corrected chi connectivity index (χ0v) is 12.5. The standard InChI is InChI=1S/C15H16ClNO4/c1-8(6-7-12(18)19)17-15(20)13-9(2)10-4-3-5-11(16)14(10)21-13/h3-5,8H,6-7H2,1-2H3,(H,17,20)(H,18,19). The van der Waals surface area contributed by atoms with Gasteiger partial charge in [0.25, 0.3) is 5.91 Å². The van der Waals surface area contributed by atoms with E-state index < -0.39 is 5.97 Å². The van der Waals surface area contributed by atoms with Crippen LogP contribution in [-0.2, 0) is 4.79 Å². The van der Waals surface area contributed by atoms with Crippen molar-refractivity contribution in [2.45, 2.75) is 32.7 Å². The second kappa shape index (κ2) is 6.18. The molecular formula is C15H16ClNO4. The van der Waals surface area contributed by atoms with Gasteiger partial charge in [-0.25, -0.2) is 0 Å². The van der Waals surface area contributed by atoms with Crippen LogP contribution in [0.4, 0.5) is 0 Å². The number of fused-ring (bicyclic) bond motifs is 1. The van der Waals surface area contributed by atoms with Gasteiger partial charge in [-0.15, -0.1) is 0 Å². The summed E-state index contributed by atoms with van der Waals surface area (Å²) in [6, 6.07) is 5.08. The molecule has 0 saturated heterocycles. The average molecular weight is 310 g/mol. The number of hydrogen-bond acceptors (Lipinski definition) is 3. The minimum atomic E-state index is -0.886. The van der Waals surface area contributed by atoms with E-state index in [0.717, 1.165) is 10.9 Å². The summed E-state index contributed by atoms with van der Waals surface area (Å²) in [5, 5.41) is 12.6. The molecule has 21 heavy (non-hydrogen) atoms. The Bertz CT molecular complexity index is 692. The Labute approximate surface area is 126 Å². The van der Waals surface area contributed by atoms with Crippen LogP contribution in [0, 0.1) is 6.92 Å². The van der Waals surface area contributed by atoms with Crippen LogP contribution in [0.25, 0.3) is 11.0 Å². The minimum Gasteiger partial charge on any atom is -0.481 e. The van der Waals surface area contributed by atoms with Crippen molar-refractivity contribution in [3.63, 3.8) is 0 Å². The number of aryl methyl sites for hydroxylation is 1.